The molecule has 3 N–H and O–H groups in total. The normalized spacial score (nSPS) is 23.9. The van der Waals surface area contributed by atoms with Gasteiger partial charge in [0.25, 0.3) is 0 Å². The topological polar surface area (TPSA) is 183 Å². The number of halogens is 5. The number of esters is 4. The SMILES string of the molecule is C.CCCCCC(O)c1ccc([C@H]2C(Cl)C[C@@H](Cl)[C@@H]2C/C=C\CCCC(=O)O)cc1.CCCCCC(OC(C)=O)c1ccc([C@H]2C(Cl)C[C@@H](Cl)[C@@H]2C/C=C\CCCC(=O)OC)cc1.CCCCCC(OC(C)=O)c1ccc([C@H]2C(O)C[C@@H](Cl)[C@@H]2C/C=C\CCCC(=O)OC)cc1. The number of carbonyl (C=O) groups is 5. The first-order valence-corrected chi connectivity index (χ1v) is 37.4. The van der Waals surface area contributed by atoms with Crippen molar-refractivity contribution in [2.75, 3.05) is 14.2 Å². The lowest BCUT2D eigenvalue weighted by Crippen LogP contribution is -2.18. The second-order valence-electron chi connectivity index (χ2n) is 26.0. The number of aliphatic hydroxyl groups is 2. The predicted molar refractivity (Wildman–Crippen MR) is 394 cm³/mol. The molecule has 3 saturated carbocycles. The minimum atomic E-state index is -0.751. The van der Waals surface area contributed by atoms with E-state index in [1.165, 1.54) is 39.2 Å². The van der Waals surface area contributed by atoms with Gasteiger partial charge in [0.2, 0.25) is 0 Å². The Morgan fingerprint density at radius 1 is 0.458 bits per heavy atom. The summed E-state index contributed by atoms with van der Waals surface area (Å²) in [7, 11) is 2.82. The average molecular weight is 1430 g/mol. The predicted octanol–water partition coefficient (Wildman–Crippen LogP) is 21.2. The minimum Gasteiger partial charge on any atom is -0.481 e. The monoisotopic (exact) mass is 1430 g/mol. The van der Waals surface area contributed by atoms with E-state index < -0.39 is 18.2 Å². The zero-order valence-corrected chi connectivity index (χ0v) is 61.3. The maximum Gasteiger partial charge on any atom is 0.305 e. The highest BCUT2D eigenvalue weighted by atomic mass is 35.5. The Bertz CT molecular complexity index is 2630. The van der Waals surface area contributed by atoms with Crippen molar-refractivity contribution in [1.29, 1.82) is 0 Å². The van der Waals surface area contributed by atoms with Crippen LogP contribution in [0.4, 0.5) is 0 Å². The highest BCUT2D eigenvalue weighted by Gasteiger charge is 2.44. The van der Waals surface area contributed by atoms with Gasteiger partial charge in [-0.25, -0.2) is 0 Å². The molecule has 3 aliphatic rings. The van der Waals surface area contributed by atoms with E-state index in [1.54, 1.807) is 0 Å². The number of aliphatic carboxylic acids is 1. The van der Waals surface area contributed by atoms with Crippen molar-refractivity contribution in [3.8, 4) is 0 Å². The number of aliphatic hydroxyl groups excluding tert-OH is 2. The Morgan fingerprint density at radius 2 is 0.792 bits per heavy atom. The van der Waals surface area contributed by atoms with Gasteiger partial charge in [-0.05, 0) is 160 Å². The summed E-state index contributed by atoms with van der Waals surface area (Å²) in [4.78, 5) is 56.2. The molecule has 3 aliphatic carbocycles. The second kappa shape index (κ2) is 48.4. The Kier molecular flexibility index (Phi) is 43.3. The molecule has 0 heterocycles. The number of ether oxygens (including phenoxy) is 4. The van der Waals surface area contributed by atoms with Crippen LogP contribution in [0.3, 0.4) is 0 Å². The molecular formula is C79H115Cl5O12. The summed E-state index contributed by atoms with van der Waals surface area (Å²) in [5.41, 5.74) is 6.41. The van der Waals surface area contributed by atoms with Crippen LogP contribution >= 0.6 is 58.0 Å². The van der Waals surface area contributed by atoms with E-state index in [0.717, 1.165) is 164 Å². The summed E-state index contributed by atoms with van der Waals surface area (Å²) >= 11 is 33.3. The molecular weight excluding hydrogens is 1320 g/mol. The number of methoxy groups -OCH3 is 2. The number of carboxylic acids is 1. The van der Waals surface area contributed by atoms with Crippen LogP contribution in [0.1, 0.15) is 285 Å². The number of alkyl halides is 5. The summed E-state index contributed by atoms with van der Waals surface area (Å²) in [5.74, 6) is -0.644. The van der Waals surface area contributed by atoms with Crippen molar-refractivity contribution in [2.24, 2.45) is 17.8 Å². The van der Waals surface area contributed by atoms with Crippen molar-refractivity contribution >= 4 is 87.9 Å². The van der Waals surface area contributed by atoms with E-state index in [-0.39, 0.29) is 112 Å². The van der Waals surface area contributed by atoms with Gasteiger partial charge in [-0.15, -0.1) is 58.0 Å². The number of hydrogen-bond donors (Lipinski definition) is 3. The number of hydrogen-bond acceptors (Lipinski definition) is 11. The molecule has 0 aliphatic heterocycles. The quantitative estimate of drug-likeness (QED) is 0.0163. The Labute approximate surface area is 601 Å². The van der Waals surface area contributed by atoms with E-state index in [0.29, 0.717) is 25.7 Å². The molecule has 538 valence electrons. The van der Waals surface area contributed by atoms with E-state index in [9.17, 15) is 34.2 Å². The largest absolute Gasteiger partial charge is 0.481 e. The van der Waals surface area contributed by atoms with E-state index in [4.69, 9.17) is 72.6 Å². The van der Waals surface area contributed by atoms with Gasteiger partial charge in [0.1, 0.15) is 12.2 Å². The Balaban J connectivity index is 0.000000374. The fourth-order valence-electron chi connectivity index (χ4n) is 13.5. The van der Waals surface area contributed by atoms with E-state index in [2.05, 4.69) is 103 Å². The third-order valence-electron chi connectivity index (χ3n) is 18.7. The van der Waals surface area contributed by atoms with Gasteiger partial charge < -0.3 is 34.3 Å². The number of carbonyl (C=O) groups excluding carboxylic acids is 4. The molecule has 3 aromatic rings. The van der Waals surface area contributed by atoms with Gasteiger partial charge >= 0.3 is 29.8 Å². The van der Waals surface area contributed by atoms with Crippen molar-refractivity contribution in [1.82, 2.24) is 0 Å². The van der Waals surface area contributed by atoms with E-state index in [1.807, 2.05) is 36.4 Å². The molecule has 0 bridgehead atoms. The molecule has 0 amide bonds. The third-order valence-corrected chi connectivity index (χ3v) is 21.1. The molecule has 3 aromatic carbocycles. The maximum absolute atomic E-state index is 11.6. The molecule has 96 heavy (non-hydrogen) atoms. The zero-order chi connectivity index (χ0) is 69.7. The van der Waals surface area contributed by atoms with Gasteiger partial charge in [-0.2, -0.15) is 0 Å². The number of benzene rings is 3. The van der Waals surface area contributed by atoms with Gasteiger partial charge in [0.15, 0.2) is 0 Å². The van der Waals surface area contributed by atoms with Gasteiger partial charge in [-0.3, -0.25) is 24.0 Å². The first-order chi connectivity index (χ1) is 45.7. The van der Waals surface area contributed by atoms with Crippen LogP contribution in [0.5, 0.6) is 0 Å². The average Bonchev–Trinajstić information content (AvgIpc) is 1.64. The lowest BCUT2D eigenvalue weighted by atomic mass is 9.84. The summed E-state index contributed by atoms with van der Waals surface area (Å²) in [5, 5.41) is 29.8. The molecule has 3 fully saturated rings. The van der Waals surface area contributed by atoms with Gasteiger partial charge in [0, 0.05) is 77.7 Å². The van der Waals surface area contributed by atoms with Crippen molar-refractivity contribution in [3.05, 3.63) is 143 Å². The highest BCUT2D eigenvalue weighted by molar-refractivity contribution is 6.25. The molecule has 0 aromatic heterocycles. The molecule has 0 radical (unpaired) electrons. The Hall–Kier alpha value is -4.40. The fraction of sp³-hybridized carbons (Fsp3) is 0.633. The smallest absolute Gasteiger partial charge is 0.305 e. The summed E-state index contributed by atoms with van der Waals surface area (Å²) in [6.45, 7) is 9.39. The summed E-state index contributed by atoms with van der Waals surface area (Å²) < 4.78 is 20.5. The van der Waals surface area contributed by atoms with E-state index >= 15 is 0 Å². The number of allylic oxidation sites excluding steroid dienone is 6. The first-order valence-electron chi connectivity index (χ1n) is 35.2. The lowest BCUT2D eigenvalue weighted by Gasteiger charge is -2.24. The molecule has 17 heteroatoms. The molecule has 0 spiro atoms. The number of carboxylic acid groups (broad SMARTS) is 1. The standard InChI is InChI=1S/C27H38Cl2O4.C27H39ClO5.C24H34Cl2O3.CH4/c1-4-5-8-12-25(33-19(2)30)20-14-16-21(17-15-20)27-22(23(28)18-24(27)29)11-9-6-7-10-13-26(31)32-3;1-4-5-8-12-25(33-19(2)29)20-14-16-21(17-15-20)27-22(23(28)18-24(27)30)11-9-6-7-10-13-26(31)32-3;1-2-3-6-10-22(27)17-12-14-18(15-13-17)24-19(20(25)16-21(24)26)9-7-4-5-8-11-23(28)29;/h6,9,14-17,22-25,27H,4-5,7-8,10-13,18H2,1-3H3;6,9,14-17,22-25,27,30H,4-5,7-8,10-13,18H2,1-3H3;4,7,12-15,19-22,24,27H,2-3,5-6,8-11,16H2,1H3,(H,28,29);1H4/b2*9-6-;7-4-;/t2*22-,23+,24?,25?,27+;19-,20+,21?,22?,24+;/m000./s1. The van der Waals surface area contributed by atoms with Gasteiger partial charge in [0.05, 0.1) is 26.4 Å². The van der Waals surface area contributed by atoms with Crippen LogP contribution in [0.2, 0.25) is 0 Å². The summed E-state index contributed by atoms with van der Waals surface area (Å²) in [6, 6.07) is 24.7. The third kappa shape index (κ3) is 30.6. The number of rotatable bonds is 38. The zero-order valence-electron chi connectivity index (χ0n) is 57.6. The molecule has 6 unspecified atom stereocenters. The van der Waals surface area contributed by atoms with Crippen LogP contribution in [-0.4, -0.2) is 92.4 Å². The highest BCUT2D eigenvalue weighted by Crippen LogP contribution is 2.50. The van der Waals surface area contributed by atoms with Crippen molar-refractivity contribution in [3.63, 3.8) is 0 Å². The summed E-state index contributed by atoms with van der Waals surface area (Å²) in [6.07, 6.45) is 33.9. The minimum absolute atomic E-state index is 0. The van der Waals surface area contributed by atoms with Crippen LogP contribution in [0.25, 0.3) is 0 Å². The van der Waals surface area contributed by atoms with Crippen LogP contribution in [-0.2, 0) is 42.9 Å². The molecule has 0 saturated heterocycles. The molecule has 12 nitrogen and oxygen atoms in total. The fourth-order valence-corrected chi connectivity index (χ4v) is 16.1. The van der Waals surface area contributed by atoms with Crippen molar-refractivity contribution < 1.29 is 58.2 Å². The molecule has 6 rings (SSSR count). The van der Waals surface area contributed by atoms with Crippen LogP contribution < -0.4 is 0 Å². The van der Waals surface area contributed by atoms with Gasteiger partial charge in [-0.1, -0.05) is 182 Å². The number of unbranched alkanes of at least 4 members (excludes halogenated alkanes) is 9. The maximum atomic E-state index is 11.6. The Morgan fingerprint density at radius 3 is 1.15 bits per heavy atom. The lowest BCUT2D eigenvalue weighted by molar-refractivity contribution is -0.148. The second-order valence-corrected chi connectivity index (χ2v) is 28.8. The first kappa shape index (κ1) is 85.8. The van der Waals surface area contributed by atoms with Crippen LogP contribution in [0, 0.1) is 17.8 Å². The van der Waals surface area contributed by atoms with Crippen LogP contribution in [0.15, 0.2) is 109 Å². The van der Waals surface area contributed by atoms with Crippen molar-refractivity contribution in [2.45, 2.75) is 284 Å². The molecule has 15 atom stereocenters.